The number of ether oxygens (including phenoxy) is 2. The Balaban J connectivity index is 0.000000404. The van der Waals surface area contributed by atoms with Crippen LogP contribution in [0.3, 0.4) is 0 Å². The van der Waals surface area contributed by atoms with Gasteiger partial charge in [-0.2, -0.15) is 15.6 Å². The number of imidazole rings is 2. The number of hydrogen-bond acceptors (Lipinski definition) is 13. The zero-order chi connectivity index (χ0) is 55.3. The molecule has 9 aromatic rings. The molecule has 0 radical (unpaired) electrons. The maximum absolute atomic E-state index is 14.4. The van der Waals surface area contributed by atoms with Crippen molar-refractivity contribution in [2.75, 3.05) is 17.4 Å². The second-order valence-corrected chi connectivity index (χ2v) is 13.9. The summed E-state index contributed by atoms with van der Waals surface area (Å²) in [6, 6.07) is 20.4. The molecule has 0 saturated heterocycles. The number of anilines is 2. The van der Waals surface area contributed by atoms with E-state index in [-0.39, 0.29) is 24.8 Å². The van der Waals surface area contributed by atoms with Gasteiger partial charge in [0, 0.05) is 72.1 Å². The molecular weight excluding hydrogens is 934 g/mol. The second kappa shape index (κ2) is 32.4. The van der Waals surface area contributed by atoms with Gasteiger partial charge in [0.05, 0.1) is 35.6 Å². The third-order valence-electron chi connectivity index (χ3n) is 9.81. The van der Waals surface area contributed by atoms with E-state index in [4.69, 9.17) is 13.9 Å². The van der Waals surface area contributed by atoms with Crippen LogP contribution in [0.5, 0.6) is 11.5 Å². The molecule has 0 saturated carbocycles. The average Bonchev–Trinajstić information content (AvgIpc) is 4.33. The molecule has 0 spiro atoms. The highest BCUT2D eigenvalue weighted by Crippen LogP contribution is 2.36. The number of rotatable bonds is 8. The fourth-order valence-corrected chi connectivity index (χ4v) is 7.05. The van der Waals surface area contributed by atoms with E-state index < -0.39 is 0 Å². The molecule has 10 rings (SSSR count). The van der Waals surface area contributed by atoms with Crippen LogP contribution in [0.1, 0.15) is 124 Å². The van der Waals surface area contributed by atoms with Gasteiger partial charge >= 0.3 is 0 Å². The number of aryl methyl sites for hydroxylation is 3. The molecule has 2 N–H and O–H groups in total. The first kappa shape index (κ1) is 61.5. The minimum atomic E-state index is -0.335. The van der Waals surface area contributed by atoms with Crippen LogP contribution in [0, 0.1) is 42.3 Å². The van der Waals surface area contributed by atoms with Gasteiger partial charge in [-0.25, -0.2) is 24.3 Å². The summed E-state index contributed by atoms with van der Waals surface area (Å²) in [5.74, 6) is 2.16. The number of nitrogens with zero attached hydrogens (tertiary/aromatic N) is 11. The van der Waals surface area contributed by atoms with Gasteiger partial charge in [0.2, 0.25) is 18.7 Å². The van der Waals surface area contributed by atoms with Crippen molar-refractivity contribution in [1.29, 1.82) is 10.5 Å². The van der Waals surface area contributed by atoms with Crippen LogP contribution >= 0.6 is 0 Å². The van der Waals surface area contributed by atoms with Crippen molar-refractivity contribution in [3.8, 4) is 46.0 Å². The Morgan fingerprint density at radius 2 is 1.31 bits per heavy atom. The molecule has 392 valence electrons. The molecule has 0 fully saturated rings. The van der Waals surface area contributed by atoms with Crippen LogP contribution in [0.25, 0.3) is 44.6 Å². The lowest BCUT2D eigenvalue weighted by Gasteiger charge is -2.12. The number of aromatic nitrogens is 9. The summed E-state index contributed by atoms with van der Waals surface area (Å²) in [5, 5.41) is 30.3. The van der Waals surface area contributed by atoms with Gasteiger partial charge in [0.25, 0.3) is 0 Å². The van der Waals surface area contributed by atoms with Crippen LogP contribution in [0.2, 0.25) is 0 Å². The van der Waals surface area contributed by atoms with E-state index in [0.29, 0.717) is 52.0 Å². The number of fused-ring (bicyclic) bond motifs is 4. The van der Waals surface area contributed by atoms with Crippen molar-refractivity contribution >= 4 is 34.2 Å². The smallest absolute Gasteiger partial charge is 0.231 e. The summed E-state index contributed by atoms with van der Waals surface area (Å²) in [6.07, 6.45) is 11.7. The van der Waals surface area contributed by atoms with E-state index in [1.54, 1.807) is 62.7 Å². The molecule has 0 unspecified atom stereocenters. The highest BCUT2D eigenvalue weighted by Gasteiger charge is 2.20. The van der Waals surface area contributed by atoms with Crippen LogP contribution in [-0.4, -0.2) is 50.3 Å². The monoisotopic (exact) mass is 1010 g/mol. The molecule has 8 heterocycles. The molecule has 1 aliphatic rings. The maximum atomic E-state index is 14.4. The number of allylic oxidation sites excluding steroid dienone is 1. The first-order chi connectivity index (χ1) is 36.2. The maximum Gasteiger partial charge on any atom is 0.231 e. The first-order valence-corrected chi connectivity index (χ1v) is 25.3. The normalized spacial score (nSPS) is 9.99. The molecular formula is C57H74FN13O3. The molecule has 1 aliphatic heterocycles. The van der Waals surface area contributed by atoms with Gasteiger partial charge in [-0.05, 0) is 57.2 Å². The molecule has 16 nitrogen and oxygen atoms in total. The molecule has 0 atom stereocenters. The molecule has 0 amide bonds. The van der Waals surface area contributed by atoms with E-state index in [1.165, 1.54) is 12.3 Å². The number of nitriles is 2. The number of benzene rings is 2. The highest BCUT2D eigenvalue weighted by atomic mass is 19.1. The number of para-hydroxylation sites is 1. The van der Waals surface area contributed by atoms with E-state index in [2.05, 4.69) is 59.4 Å². The zero-order valence-corrected chi connectivity index (χ0v) is 46.1. The second-order valence-electron chi connectivity index (χ2n) is 13.9. The Morgan fingerprint density at radius 1 is 0.730 bits per heavy atom. The summed E-state index contributed by atoms with van der Waals surface area (Å²) in [5.41, 5.74) is 8.89. The third-order valence-corrected chi connectivity index (χ3v) is 9.81. The molecule has 0 aliphatic carbocycles. The largest absolute Gasteiger partial charge is 0.464 e. The van der Waals surface area contributed by atoms with Crippen molar-refractivity contribution in [2.45, 2.75) is 117 Å². The van der Waals surface area contributed by atoms with E-state index in [9.17, 15) is 14.9 Å². The van der Waals surface area contributed by atoms with Gasteiger partial charge < -0.3 is 24.5 Å². The van der Waals surface area contributed by atoms with Gasteiger partial charge in [-0.15, -0.1) is 6.58 Å². The third kappa shape index (κ3) is 14.8. The van der Waals surface area contributed by atoms with E-state index in [1.807, 2.05) is 147 Å². The minimum absolute atomic E-state index is 0.191. The predicted molar refractivity (Wildman–Crippen MR) is 298 cm³/mol. The van der Waals surface area contributed by atoms with Crippen LogP contribution < -0.4 is 20.1 Å². The average molecular weight is 1010 g/mol. The van der Waals surface area contributed by atoms with Crippen LogP contribution in [-0.2, 0) is 20.1 Å². The van der Waals surface area contributed by atoms with Crippen molar-refractivity contribution < 1.29 is 18.3 Å². The van der Waals surface area contributed by atoms with Gasteiger partial charge in [-0.1, -0.05) is 107 Å². The van der Waals surface area contributed by atoms with Gasteiger partial charge in [0.1, 0.15) is 23.5 Å². The van der Waals surface area contributed by atoms with E-state index in [0.717, 1.165) is 50.8 Å². The molecule has 7 aromatic heterocycles. The summed E-state index contributed by atoms with van der Waals surface area (Å²) < 4.78 is 36.1. The Labute approximate surface area is 436 Å². The van der Waals surface area contributed by atoms with E-state index >= 15 is 0 Å². The summed E-state index contributed by atoms with van der Waals surface area (Å²) in [6.45, 7) is 34.0. The van der Waals surface area contributed by atoms with Crippen LogP contribution in [0.15, 0.2) is 109 Å². The quantitative estimate of drug-likeness (QED) is 0.137. The lowest BCUT2D eigenvalue weighted by atomic mass is 10.1. The minimum Gasteiger partial charge on any atom is -0.464 e. The number of hydrogen-bond donors (Lipinski definition) is 2. The predicted octanol–water partition coefficient (Wildman–Crippen LogP) is 14.5. The van der Waals surface area contributed by atoms with Crippen LogP contribution in [0.4, 0.5) is 16.3 Å². The van der Waals surface area contributed by atoms with Crippen molar-refractivity contribution in [2.24, 2.45) is 7.05 Å². The van der Waals surface area contributed by atoms with Crippen molar-refractivity contribution in [3.63, 3.8) is 0 Å². The summed E-state index contributed by atoms with van der Waals surface area (Å²) in [4.78, 5) is 22.3. The molecule has 74 heavy (non-hydrogen) atoms. The lowest BCUT2D eigenvalue weighted by molar-refractivity contribution is 0.173. The number of pyridine rings is 1. The molecule has 2 aromatic carbocycles. The number of halogens is 1. The fourth-order valence-electron chi connectivity index (χ4n) is 7.05. The highest BCUT2D eigenvalue weighted by molar-refractivity contribution is 5.82. The van der Waals surface area contributed by atoms with Crippen molar-refractivity contribution in [1.82, 2.24) is 43.5 Å². The van der Waals surface area contributed by atoms with Crippen molar-refractivity contribution in [3.05, 3.63) is 144 Å². The summed E-state index contributed by atoms with van der Waals surface area (Å²) >= 11 is 0. The Morgan fingerprint density at radius 3 is 1.88 bits per heavy atom. The SMILES string of the molecule is C=CC.CC.CC.CC.CC.CC.CC.Cc1cc(-c2cnc(NCc3cccc4c3OCO4)n3cc(C#N)nc23)n(C)n1.Cc1ncccc1-c1cnc(NCc2c(F)ccc3occc23)n2cc(C#N)nc12. The Hall–Kier alpha value is -8.57. The number of furan rings is 1. The standard InChI is InChI=1S/C22H15FN6O.C20H17N7O2.C3H6.6C2H6/c1-13-15(3-2-7-25-13)18-11-27-22(29-12-14(9-24)28-21(18)29)26-10-17-16-6-8-30-20(16)5-4-19(17)23;1-12-6-16(26(2)25-12)15-9-23-20(27-10-14(7-21)24-19(15)27)22-8-13-4-3-5-17-18(13)29-11-28-17;1-3-2;6*1-2/h2-8,11-12H,10H2,1H3,(H,26,27);3-6,9-10H,8,11H2,1-2H3,(H,22,23);3H,1H2,2H3;6*1-2H3. The Kier molecular flexibility index (Phi) is 27.0. The zero-order valence-electron chi connectivity index (χ0n) is 46.1. The Bertz CT molecular complexity index is 3210. The topological polar surface area (TPSA) is 194 Å². The fraction of sp³-hybridized carbons (Fsp3) is 0.333. The number of nitrogens with one attached hydrogen (secondary N) is 2. The molecule has 17 heteroatoms. The lowest BCUT2D eigenvalue weighted by Crippen LogP contribution is -2.08. The van der Waals surface area contributed by atoms with Gasteiger partial charge in [-0.3, -0.25) is 18.5 Å². The molecule has 0 bridgehead atoms. The van der Waals surface area contributed by atoms with Gasteiger partial charge in [0.15, 0.2) is 34.2 Å². The summed E-state index contributed by atoms with van der Waals surface area (Å²) in [7, 11) is 1.87. The first-order valence-electron chi connectivity index (χ1n) is 25.3.